The van der Waals surface area contributed by atoms with Gasteiger partial charge in [0.2, 0.25) is 0 Å². The molecular weight excluding hydrogens is 294 g/mol. The van der Waals surface area contributed by atoms with Gasteiger partial charge in [0.25, 0.3) is 0 Å². The van der Waals surface area contributed by atoms with Gasteiger partial charge in [-0.25, -0.2) is 8.42 Å². The van der Waals surface area contributed by atoms with Crippen LogP contribution in [0, 0.1) is 6.92 Å². The van der Waals surface area contributed by atoms with Gasteiger partial charge in [-0.3, -0.25) is 0 Å². The first-order valence-electron chi connectivity index (χ1n) is 7.68. The van der Waals surface area contributed by atoms with Gasteiger partial charge in [-0.2, -0.15) is 0 Å². The molecule has 22 heavy (non-hydrogen) atoms. The van der Waals surface area contributed by atoms with Crippen LogP contribution in [0.3, 0.4) is 0 Å². The van der Waals surface area contributed by atoms with Crippen molar-refractivity contribution in [2.75, 3.05) is 18.0 Å². The fourth-order valence-corrected chi connectivity index (χ4v) is 4.18. The summed E-state index contributed by atoms with van der Waals surface area (Å²) in [6, 6.07) is 15.0. The minimum absolute atomic E-state index is 0.0519. The molecule has 0 unspecified atom stereocenters. The Morgan fingerprint density at radius 3 is 2.09 bits per heavy atom. The van der Waals surface area contributed by atoms with Crippen LogP contribution >= 0.6 is 0 Å². The number of nitrogens with zero attached hydrogens (tertiary/aromatic N) is 1. The van der Waals surface area contributed by atoms with Gasteiger partial charge >= 0.3 is 0 Å². The Hall–Kier alpha value is -1.81. The van der Waals surface area contributed by atoms with Gasteiger partial charge in [-0.1, -0.05) is 29.8 Å². The van der Waals surface area contributed by atoms with Crippen molar-refractivity contribution in [2.24, 2.45) is 0 Å². The molecule has 0 aromatic heterocycles. The summed E-state index contributed by atoms with van der Waals surface area (Å²) in [7, 11) is -3.28. The third kappa shape index (κ3) is 3.33. The van der Waals surface area contributed by atoms with Crippen molar-refractivity contribution in [3.8, 4) is 0 Å². The number of rotatable bonds is 4. The van der Waals surface area contributed by atoms with Crippen LogP contribution in [-0.2, 0) is 15.6 Å². The van der Waals surface area contributed by atoms with E-state index in [1.807, 2.05) is 43.3 Å². The van der Waals surface area contributed by atoms with E-state index in [0.717, 1.165) is 24.2 Å². The molecule has 0 saturated carbocycles. The minimum atomic E-state index is -3.28. The summed E-state index contributed by atoms with van der Waals surface area (Å²) in [6.45, 7) is 4.15. The first kappa shape index (κ1) is 15.1. The summed E-state index contributed by atoms with van der Waals surface area (Å²) < 4.78 is 24.9. The van der Waals surface area contributed by atoms with Crippen LogP contribution in [-0.4, -0.2) is 21.5 Å². The molecule has 0 spiro atoms. The number of sulfone groups is 1. The lowest BCUT2D eigenvalue weighted by molar-refractivity contribution is 0.595. The van der Waals surface area contributed by atoms with Gasteiger partial charge in [-0.05, 0) is 49.6 Å². The lowest BCUT2D eigenvalue weighted by Crippen LogP contribution is -2.17. The number of hydrogen-bond acceptors (Lipinski definition) is 3. The SMILES string of the molecule is Cc1ccc(S(=O)(=O)Cc2ccc(N3CCCC3)cc2)cc1. The van der Waals surface area contributed by atoms with E-state index >= 15 is 0 Å². The summed E-state index contributed by atoms with van der Waals surface area (Å²) in [5.74, 6) is 0.0519. The van der Waals surface area contributed by atoms with E-state index < -0.39 is 9.84 Å². The molecule has 3 nitrogen and oxygen atoms in total. The zero-order valence-corrected chi connectivity index (χ0v) is 13.6. The van der Waals surface area contributed by atoms with Crippen molar-refractivity contribution in [1.29, 1.82) is 0 Å². The molecule has 1 aliphatic rings. The number of hydrogen-bond donors (Lipinski definition) is 0. The van der Waals surface area contributed by atoms with Gasteiger partial charge in [-0.15, -0.1) is 0 Å². The smallest absolute Gasteiger partial charge is 0.182 e. The van der Waals surface area contributed by atoms with Crippen molar-refractivity contribution in [3.63, 3.8) is 0 Å². The van der Waals surface area contributed by atoms with Gasteiger partial charge in [0, 0.05) is 18.8 Å². The zero-order valence-electron chi connectivity index (χ0n) is 12.8. The largest absolute Gasteiger partial charge is 0.372 e. The second-order valence-electron chi connectivity index (χ2n) is 5.93. The molecule has 0 amide bonds. The van der Waals surface area contributed by atoms with E-state index in [2.05, 4.69) is 4.90 Å². The zero-order chi connectivity index (χ0) is 15.6. The Labute approximate surface area is 132 Å². The normalized spacial score (nSPS) is 15.2. The molecule has 1 saturated heterocycles. The minimum Gasteiger partial charge on any atom is -0.372 e. The Morgan fingerprint density at radius 2 is 1.50 bits per heavy atom. The van der Waals surface area contributed by atoms with Gasteiger partial charge in [0.05, 0.1) is 10.6 Å². The van der Waals surface area contributed by atoms with E-state index in [9.17, 15) is 8.42 Å². The Morgan fingerprint density at radius 1 is 0.909 bits per heavy atom. The number of aryl methyl sites for hydroxylation is 1. The van der Waals surface area contributed by atoms with E-state index in [0.29, 0.717) is 4.90 Å². The molecule has 0 aliphatic carbocycles. The summed E-state index contributed by atoms with van der Waals surface area (Å²) in [6.07, 6.45) is 2.48. The second-order valence-corrected chi connectivity index (χ2v) is 7.92. The fraction of sp³-hybridized carbons (Fsp3) is 0.333. The van der Waals surface area contributed by atoms with Crippen LogP contribution in [0.2, 0.25) is 0 Å². The third-order valence-corrected chi connectivity index (χ3v) is 5.85. The topological polar surface area (TPSA) is 37.4 Å². The van der Waals surface area contributed by atoms with Crippen LogP contribution in [0.5, 0.6) is 0 Å². The molecule has 0 atom stereocenters. The van der Waals surface area contributed by atoms with Crippen molar-refractivity contribution in [1.82, 2.24) is 0 Å². The second kappa shape index (κ2) is 6.13. The van der Waals surface area contributed by atoms with Gasteiger partial charge < -0.3 is 4.90 Å². The Bertz CT molecular complexity index is 728. The van der Waals surface area contributed by atoms with Crippen molar-refractivity contribution in [3.05, 3.63) is 59.7 Å². The van der Waals surface area contributed by atoms with Crippen molar-refractivity contribution < 1.29 is 8.42 Å². The third-order valence-electron chi connectivity index (χ3n) is 4.14. The first-order chi connectivity index (χ1) is 10.5. The van der Waals surface area contributed by atoms with Crippen LogP contribution in [0.4, 0.5) is 5.69 Å². The average molecular weight is 315 g/mol. The van der Waals surface area contributed by atoms with Gasteiger partial charge in [0.1, 0.15) is 0 Å². The molecule has 0 N–H and O–H groups in total. The van der Waals surface area contributed by atoms with E-state index in [1.165, 1.54) is 18.5 Å². The summed E-state index contributed by atoms with van der Waals surface area (Å²) in [5.41, 5.74) is 3.09. The van der Waals surface area contributed by atoms with Crippen LogP contribution in [0.1, 0.15) is 24.0 Å². The maximum atomic E-state index is 12.4. The summed E-state index contributed by atoms with van der Waals surface area (Å²) in [5, 5.41) is 0. The molecule has 2 aromatic rings. The monoisotopic (exact) mass is 315 g/mol. The Balaban J connectivity index is 1.75. The lowest BCUT2D eigenvalue weighted by atomic mass is 10.2. The van der Waals surface area contributed by atoms with E-state index in [-0.39, 0.29) is 5.75 Å². The van der Waals surface area contributed by atoms with Crippen LogP contribution in [0.25, 0.3) is 0 Å². The van der Waals surface area contributed by atoms with Crippen LogP contribution < -0.4 is 4.90 Å². The average Bonchev–Trinajstić information content (AvgIpc) is 3.02. The molecule has 0 radical (unpaired) electrons. The molecule has 116 valence electrons. The predicted octanol–water partition coefficient (Wildman–Crippen LogP) is 3.57. The Kier molecular flexibility index (Phi) is 4.21. The van der Waals surface area contributed by atoms with E-state index in [1.54, 1.807) is 12.1 Å². The molecular formula is C18H21NO2S. The van der Waals surface area contributed by atoms with Crippen LogP contribution in [0.15, 0.2) is 53.4 Å². The highest BCUT2D eigenvalue weighted by atomic mass is 32.2. The molecule has 2 aromatic carbocycles. The number of benzene rings is 2. The summed E-state index contributed by atoms with van der Waals surface area (Å²) >= 11 is 0. The molecule has 1 heterocycles. The highest BCUT2D eigenvalue weighted by Crippen LogP contribution is 2.22. The quantitative estimate of drug-likeness (QED) is 0.865. The predicted molar refractivity (Wildman–Crippen MR) is 90.0 cm³/mol. The van der Waals surface area contributed by atoms with Crippen molar-refractivity contribution >= 4 is 15.5 Å². The molecule has 1 aliphatic heterocycles. The van der Waals surface area contributed by atoms with E-state index in [4.69, 9.17) is 0 Å². The lowest BCUT2D eigenvalue weighted by Gasteiger charge is -2.17. The molecule has 4 heteroatoms. The molecule has 1 fully saturated rings. The number of anilines is 1. The van der Waals surface area contributed by atoms with Crippen molar-refractivity contribution in [2.45, 2.75) is 30.4 Å². The summed E-state index contributed by atoms with van der Waals surface area (Å²) in [4.78, 5) is 2.74. The molecule has 0 bridgehead atoms. The highest BCUT2D eigenvalue weighted by molar-refractivity contribution is 7.90. The highest BCUT2D eigenvalue weighted by Gasteiger charge is 2.16. The maximum Gasteiger partial charge on any atom is 0.182 e. The molecule has 3 rings (SSSR count). The van der Waals surface area contributed by atoms with Gasteiger partial charge in [0.15, 0.2) is 9.84 Å². The fourth-order valence-electron chi connectivity index (χ4n) is 2.83. The first-order valence-corrected chi connectivity index (χ1v) is 9.33. The standard InChI is InChI=1S/C18H21NO2S/c1-15-4-10-18(11-5-15)22(20,21)14-16-6-8-17(9-7-16)19-12-2-3-13-19/h4-11H,2-3,12-14H2,1H3. The maximum absolute atomic E-state index is 12.4.